The van der Waals surface area contributed by atoms with Gasteiger partial charge in [0, 0.05) is 20.7 Å². The van der Waals surface area contributed by atoms with Gasteiger partial charge in [-0.1, -0.05) is 6.92 Å². The number of aromatic nitrogens is 2. The molecular weight excluding hydrogens is 246 g/mol. The Morgan fingerprint density at radius 2 is 2.21 bits per heavy atom. The second kappa shape index (κ2) is 7.16. The molecule has 1 heterocycles. The highest BCUT2D eigenvalue weighted by molar-refractivity contribution is 5.95. The fourth-order valence-electron chi connectivity index (χ4n) is 1.81. The van der Waals surface area contributed by atoms with E-state index in [9.17, 15) is 9.90 Å². The molecule has 1 amide bonds. The van der Waals surface area contributed by atoms with Gasteiger partial charge in [-0.05, 0) is 19.4 Å². The van der Waals surface area contributed by atoms with Crippen molar-refractivity contribution in [3.8, 4) is 0 Å². The molecule has 0 saturated heterocycles. The number of amides is 1. The summed E-state index contributed by atoms with van der Waals surface area (Å²) in [5.74, 6) is -0.162. The van der Waals surface area contributed by atoms with Gasteiger partial charge in [0.1, 0.15) is 0 Å². The number of ether oxygens (including phenoxy) is 1. The Morgan fingerprint density at radius 3 is 2.79 bits per heavy atom. The fraction of sp³-hybridized carbons (Fsp3) is 0.615. The van der Waals surface area contributed by atoms with Gasteiger partial charge in [0.05, 0.1) is 29.7 Å². The quantitative estimate of drug-likeness (QED) is 0.808. The molecule has 1 unspecified atom stereocenters. The van der Waals surface area contributed by atoms with E-state index in [1.54, 1.807) is 20.0 Å². The van der Waals surface area contributed by atoms with Gasteiger partial charge in [-0.15, -0.1) is 0 Å². The van der Waals surface area contributed by atoms with Crippen LogP contribution in [0.5, 0.6) is 0 Å². The van der Waals surface area contributed by atoms with Gasteiger partial charge in [0.2, 0.25) is 0 Å². The first kappa shape index (κ1) is 15.5. The molecule has 0 aromatic carbocycles. The van der Waals surface area contributed by atoms with Crippen molar-refractivity contribution >= 4 is 5.91 Å². The lowest BCUT2D eigenvalue weighted by atomic mass is 10.1. The van der Waals surface area contributed by atoms with E-state index in [4.69, 9.17) is 4.74 Å². The monoisotopic (exact) mass is 267 g/mol. The minimum atomic E-state index is -0.695. The molecule has 1 aromatic rings. The SMILES string of the molecule is CCc1nnc(C)cc1C(=O)N(C)CC(O)COC. The number of aliphatic hydroxyl groups excluding tert-OH is 1. The van der Waals surface area contributed by atoms with Gasteiger partial charge in [0.15, 0.2) is 0 Å². The predicted octanol–water partition coefficient (Wildman–Crippen LogP) is 0.427. The van der Waals surface area contributed by atoms with E-state index < -0.39 is 6.10 Å². The molecule has 0 aliphatic carbocycles. The largest absolute Gasteiger partial charge is 0.389 e. The van der Waals surface area contributed by atoms with Gasteiger partial charge >= 0.3 is 0 Å². The van der Waals surface area contributed by atoms with Gasteiger partial charge in [-0.2, -0.15) is 10.2 Å². The van der Waals surface area contributed by atoms with E-state index in [1.807, 2.05) is 6.92 Å². The zero-order valence-electron chi connectivity index (χ0n) is 11.9. The number of likely N-dealkylation sites (N-methyl/N-ethyl adjacent to an activating group) is 1. The number of nitrogens with zero attached hydrogens (tertiary/aromatic N) is 3. The maximum Gasteiger partial charge on any atom is 0.255 e. The first-order valence-corrected chi connectivity index (χ1v) is 6.25. The Hall–Kier alpha value is -1.53. The van der Waals surface area contributed by atoms with Crippen LogP contribution < -0.4 is 0 Å². The summed E-state index contributed by atoms with van der Waals surface area (Å²) < 4.78 is 4.84. The number of aryl methyl sites for hydroxylation is 2. The molecule has 6 nitrogen and oxygen atoms in total. The van der Waals surface area contributed by atoms with Crippen LogP contribution in [0.25, 0.3) is 0 Å². The van der Waals surface area contributed by atoms with Crippen LogP contribution in [0.2, 0.25) is 0 Å². The van der Waals surface area contributed by atoms with Crippen molar-refractivity contribution in [3.05, 3.63) is 23.0 Å². The van der Waals surface area contributed by atoms with E-state index in [-0.39, 0.29) is 19.1 Å². The molecule has 0 bridgehead atoms. The lowest BCUT2D eigenvalue weighted by Gasteiger charge is -2.21. The van der Waals surface area contributed by atoms with Gasteiger partial charge in [-0.25, -0.2) is 0 Å². The summed E-state index contributed by atoms with van der Waals surface area (Å²) >= 11 is 0. The zero-order chi connectivity index (χ0) is 14.4. The number of methoxy groups -OCH3 is 1. The van der Waals surface area contributed by atoms with Crippen LogP contribution in [-0.4, -0.2) is 59.5 Å². The first-order chi connectivity index (χ1) is 8.99. The number of hydrogen-bond donors (Lipinski definition) is 1. The summed E-state index contributed by atoms with van der Waals surface area (Å²) in [4.78, 5) is 13.8. The number of rotatable bonds is 6. The number of carbonyl (C=O) groups is 1. The van der Waals surface area contributed by atoms with E-state index in [0.717, 1.165) is 0 Å². The predicted molar refractivity (Wildman–Crippen MR) is 71.0 cm³/mol. The number of carbonyl (C=O) groups excluding carboxylic acids is 1. The lowest BCUT2D eigenvalue weighted by Crippen LogP contribution is -2.36. The molecule has 1 aromatic heterocycles. The molecular formula is C13H21N3O3. The van der Waals surface area contributed by atoms with E-state index in [0.29, 0.717) is 23.4 Å². The third-order valence-electron chi connectivity index (χ3n) is 2.75. The Morgan fingerprint density at radius 1 is 1.53 bits per heavy atom. The van der Waals surface area contributed by atoms with Crippen molar-refractivity contribution in [1.29, 1.82) is 0 Å². The van der Waals surface area contributed by atoms with Gasteiger partial charge < -0.3 is 14.7 Å². The highest BCUT2D eigenvalue weighted by Crippen LogP contribution is 2.10. The summed E-state index contributed by atoms with van der Waals surface area (Å²) in [5.41, 5.74) is 1.91. The minimum Gasteiger partial charge on any atom is -0.389 e. The van der Waals surface area contributed by atoms with E-state index >= 15 is 0 Å². The van der Waals surface area contributed by atoms with Crippen molar-refractivity contribution in [3.63, 3.8) is 0 Å². The Kier molecular flexibility index (Phi) is 5.85. The summed E-state index contributed by atoms with van der Waals surface area (Å²) in [5, 5.41) is 17.6. The Bertz CT molecular complexity index is 437. The van der Waals surface area contributed by atoms with Crippen molar-refractivity contribution in [2.45, 2.75) is 26.4 Å². The molecule has 0 saturated carbocycles. The van der Waals surface area contributed by atoms with Crippen LogP contribution >= 0.6 is 0 Å². The van der Waals surface area contributed by atoms with Crippen molar-refractivity contribution in [2.24, 2.45) is 0 Å². The number of hydrogen-bond acceptors (Lipinski definition) is 5. The van der Waals surface area contributed by atoms with Gasteiger partial charge in [-0.3, -0.25) is 4.79 Å². The second-order valence-electron chi connectivity index (χ2n) is 4.49. The summed E-state index contributed by atoms with van der Waals surface area (Å²) in [6.07, 6.45) is -0.0528. The van der Waals surface area contributed by atoms with Gasteiger partial charge in [0.25, 0.3) is 5.91 Å². The summed E-state index contributed by atoms with van der Waals surface area (Å²) in [6, 6.07) is 1.73. The standard InChI is InChI=1S/C13H21N3O3/c1-5-12-11(6-9(2)14-15-12)13(18)16(3)7-10(17)8-19-4/h6,10,17H,5,7-8H2,1-4H3. The average molecular weight is 267 g/mol. The Labute approximate surface area is 113 Å². The third kappa shape index (κ3) is 4.25. The molecule has 0 aliphatic heterocycles. The molecule has 19 heavy (non-hydrogen) atoms. The van der Waals surface area contributed by atoms with Crippen LogP contribution in [0, 0.1) is 6.92 Å². The Balaban J connectivity index is 2.84. The number of aliphatic hydroxyl groups is 1. The zero-order valence-corrected chi connectivity index (χ0v) is 11.9. The van der Waals surface area contributed by atoms with Crippen LogP contribution in [0.15, 0.2) is 6.07 Å². The van der Waals surface area contributed by atoms with E-state index in [2.05, 4.69) is 10.2 Å². The lowest BCUT2D eigenvalue weighted by molar-refractivity contribution is 0.0379. The normalized spacial score (nSPS) is 12.3. The molecule has 1 rings (SSSR count). The molecule has 1 N–H and O–H groups in total. The summed E-state index contributed by atoms with van der Waals surface area (Å²) in [6.45, 7) is 4.14. The highest BCUT2D eigenvalue weighted by atomic mass is 16.5. The van der Waals surface area contributed by atoms with Crippen LogP contribution in [0.1, 0.15) is 28.7 Å². The highest BCUT2D eigenvalue weighted by Gasteiger charge is 2.19. The molecule has 0 aliphatic rings. The molecule has 6 heteroatoms. The second-order valence-corrected chi connectivity index (χ2v) is 4.49. The minimum absolute atomic E-state index is 0.162. The van der Waals surface area contributed by atoms with Crippen molar-refractivity contribution in [2.75, 3.05) is 27.3 Å². The molecule has 0 spiro atoms. The smallest absolute Gasteiger partial charge is 0.255 e. The van der Waals surface area contributed by atoms with Crippen molar-refractivity contribution in [1.82, 2.24) is 15.1 Å². The molecule has 0 radical (unpaired) electrons. The van der Waals surface area contributed by atoms with E-state index in [1.165, 1.54) is 12.0 Å². The van der Waals surface area contributed by atoms with Crippen LogP contribution in [-0.2, 0) is 11.2 Å². The van der Waals surface area contributed by atoms with Crippen molar-refractivity contribution < 1.29 is 14.6 Å². The first-order valence-electron chi connectivity index (χ1n) is 6.25. The maximum absolute atomic E-state index is 12.3. The fourth-order valence-corrected chi connectivity index (χ4v) is 1.81. The van der Waals surface area contributed by atoms with Crippen LogP contribution in [0.4, 0.5) is 0 Å². The molecule has 106 valence electrons. The molecule has 1 atom stereocenters. The average Bonchev–Trinajstić information content (AvgIpc) is 2.37. The molecule has 0 fully saturated rings. The summed E-state index contributed by atoms with van der Waals surface area (Å²) in [7, 11) is 3.16. The topological polar surface area (TPSA) is 75.6 Å². The van der Waals surface area contributed by atoms with Crippen LogP contribution in [0.3, 0.4) is 0 Å². The third-order valence-corrected chi connectivity index (χ3v) is 2.75. The maximum atomic E-state index is 12.3.